The highest BCUT2D eigenvalue weighted by Gasteiger charge is 2.25. The van der Waals surface area contributed by atoms with Gasteiger partial charge in [0.05, 0.1) is 28.2 Å². The number of hydrogen-bond acceptors (Lipinski definition) is 8. The first-order chi connectivity index (χ1) is 15.7. The molecule has 33 heavy (non-hydrogen) atoms. The van der Waals surface area contributed by atoms with Crippen LogP contribution in [0.1, 0.15) is 36.5 Å². The Labute approximate surface area is 187 Å². The molecule has 0 spiro atoms. The van der Waals surface area contributed by atoms with Crippen molar-refractivity contribution in [2.24, 2.45) is 0 Å². The van der Waals surface area contributed by atoms with Crippen molar-refractivity contribution in [3.63, 3.8) is 0 Å². The third-order valence-electron chi connectivity index (χ3n) is 4.66. The third kappa shape index (κ3) is 3.92. The minimum Gasteiger partial charge on any atom is -0.368 e. The van der Waals surface area contributed by atoms with Gasteiger partial charge in [0.15, 0.2) is 5.82 Å². The first-order valence-electron chi connectivity index (χ1n) is 9.25. The fourth-order valence-corrected chi connectivity index (χ4v) is 3.51. The van der Waals surface area contributed by atoms with Crippen LogP contribution in [0.2, 0.25) is 5.02 Å². The van der Waals surface area contributed by atoms with Gasteiger partial charge in [-0.1, -0.05) is 11.6 Å². The Hall–Kier alpha value is -4.18. The number of nitriles is 1. The fourth-order valence-electron chi connectivity index (χ4n) is 3.27. The predicted molar refractivity (Wildman–Crippen MR) is 113 cm³/mol. The highest BCUT2D eigenvalue weighted by Crippen LogP contribution is 2.29. The molecule has 0 saturated carbocycles. The number of nitrogens with one attached hydrogen (secondary N) is 2. The van der Waals surface area contributed by atoms with Crippen LogP contribution in [0.4, 0.5) is 24.9 Å². The van der Waals surface area contributed by atoms with Crippen LogP contribution in [-0.4, -0.2) is 29.7 Å². The zero-order valence-corrected chi connectivity index (χ0v) is 17.4. The number of halogens is 4. The molecule has 1 atom stereocenters. The van der Waals surface area contributed by atoms with Crippen LogP contribution in [0, 0.1) is 17.1 Å². The SMILES string of the molecule is C[C@H](Nc1nc(N)nc(C(F)F)c1C#N)c1nc2c(Cl)cc(F)cc2c(=O)n1-c1ccn[nH]1. The van der Waals surface area contributed by atoms with E-state index < -0.39 is 41.0 Å². The lowest BCUT2D eigenvalue weighted by Gasteiger charge is -2.20. The number of nitrogen functional groups attached to an aromatic ring is 1. The second-order valence-electron chi connectivity index (χ2n) is 6.81. The number of anilines is 2. The van der Waals surface area contributed by atoms with E-state index in [0.29, 0.717) is 0 Å². The summed E-state index contributed by atoms with van der Waals surface area (Å²) < 4.78 is 41.7. The number of hydrogen-bond donors (Lipinski definition) is 3. The summed E-state index contributed by atoms with van der Waals surface area (Å²) in [6.07, 6.45) is -1.68. The Morgan fingerprint density at radius 3 is 2.70 bits per heavy atom. The molecule has 0 unspecified atom stereocenters. The molecule has 0 radical (unpaired) electrons. The van der Waals surface area contributed by atoms with Crippen molar-refractivity contribution in [2.75, 3.05) is 11.1 Å². The Morgan fingerprint density at radius 2 is 2.06 bits per heavy atom. The molecule has 14 heteroatoms. The van der Waals surface area contributed by atoms with E-state index in [0.717, 1.165) is 16.7 Å². The van der Waals surface area contributed by atoms with E-state index in [-0.39, 0.29) is 33.4 Å². The molecule has 0 aliphatic rings. The van der Waals surface area contributed by atoms with Gasteiger partial charge in [0, 0.05) is 6.07 Å². The fraction of sp³-hybridized carbons (Fsp3) is 0.158. The molecular formula is C19H13ClF3N9O. The molecule has 1 aromatic carbocycles. The quantitative estimate of drug-likeness (QED) is 0.398. The highest BCUT2D eigenvalue weighted by atomic mass is 35.5. The minimum absolute atomic E-state index is 0.0264. The van der Waals surface area contributed by atoms with Crippen molar-refractivity contribution < 1.29 is 13.2 Å². The molecule has 4 N–H and O–H groups in total. The third-order valence-corrected chi connectivity index (χ3v) is 4.95. The Morgan fingerprint density at radius 1 is 1.30 bits per heavy atom. The number of nitrogens with zero attached hydrogens (tertiary/aromatic N) is 6. The molecule has 10 nitrogen and oxygen atoms in total. The summed E-state index contributed by atoms with van der Waals surface area (Å²) in [5, 5.41) is 18.4. The van der Waals surface area contributed by atoms with E-state index in [1.165, 1.54) is 12.3 Å². The zero-order chi connectivity index (χ0) is 23.9. The van der Waals surface area contributed by atoms with E-state index in [2.05, 4.69) is 30.5 Å². The van der Waals surface area contributed by atoms with Crippen LogP contribution in [0.3, 0.4) is 0 Å². The van der Waals surface area contributed by atoms with Gasteiger partial charge < -0.3 is 11.1 Å². The zero-order valence-electron chi connectivity index (χ0n) is 16.6. The summed E-state index contributed by atoms with van der Waals surface area (Å²) in [6.45, 7) is 1.54. The smallest absolute Gasteiger partial charge is 0.281 e. The molecule has 0 aliphatic carbocycles. The van der Waals surface area contributed by atoms with Gasteiger partial charge in [-0.2, -0.15) is 15.3 Å². The normalized spacial score (nSPS) is 12.2. The van der Waals surface area contributed by atoms with Crippen molar-refractivity contribution >= 4 is 34.3 Å². The molecule has 0 saturated heterocycles. The second-order valence-corrected chi connectivity index (χ2v) is 7.21. The van der Waals surface area contributed by atoms with Crippen LogP contribution >= 0.6 is 11.6 Å². The molecule has 4 aromatic rings. The van der Waals surface area contributed by atoms with Crippen molar-refractivity contribution in [3.05, 3.63) is 62.7 Å². The van der Waals surface area contributed by atoms with Crippen molar-refractivity contribution in [3.8, 4) is 11.9 Å². The van der Waals surface area contributed by atoms with Crippen LogP contribution < -0.4 is 16.6 Å². The number of alkyl halides is 2. The Balaban J connectivity index is 1.93. The molecule has 168 valence electrons. The van der Waals surface area contributed by atoms with Gasteiger partial charge in [-0.15, -0.1) is 0 Å². The van der Waals surface area contributed by atoms with E-state index in [1.54, 1.807) is 13.0 Å². The van der Waals surface area contributed by atoms with Crippen molar-refractivity contribution in [1.29, 1.82) is 5.26 Å². The first kappa shape index (κ1) is 22.0. The Kier molecular flexibility index (Phi) is 5.60. The monoisotopic (exact) mass is 475 g/mol. The maximum atomic E-state index is 13.9. The standard InChI is InChI=1S/C19H13ClF3N9O/c1-7(27-16-10(6-24)14(15(22)23)29-19(25)30-16)17-28-13-9(4-8(21)5-11(13)20)18(33)32(17)12-2-3-26-31-12/h2-5,7,15H,1H3,(H,26,31)(H3,25,27,29,30)/t7-/m0/s1. The van der Waals surface area contributed by atoms with E-state index >= 15 is 0 Å². The average molecular weight is 476 g/mol. The summed E-state index contributed by atoms with van der Waals surface area (Å²) in [6, 6.07) is 4.22. The largest absolute Gasteiger partial charge is 0.368 e. The van der Waals surface area contributed by atoms with Gasteiger partial charge in [0.1, 0.15) is 34.8 Å². The number of aromatic nitrogens is 6. The lowest BCUT2D eigenvalue weighted by Crippen LogP contribution is -2.28. The molecule has 4 rings (SSSR count). The van der Waals surface area contributed by atoms with Gasteiger partial charge in [-0.25, -0.2) is 27.7 Å². The van der Waals surface area contributed by atoms with Crippen LogP contribution in [-0.2, 0) is 0 Å². The summed E-state index contributed by atoms with van der Waals surface area (Å²) in [7, 11) is 0. The van der Waals surface area contributed by atoms with Crippen molar-refractivity contribution in [1.82, 2.24) is 29.7 Å². The number of benzene rings is 1. The summed E-state index contributed by atoms with van der Waals surface area (Å²) in [5.74, 6) is -1.23. The topological polar surface area (TPSA) is 151 Å². The summed E-state index contributed by atoms with van der Waals surface area (Å²) >= 11 is 6.12. The maximum Gasteiger partial charge on any atom is 0.281 e. The van der Waals surface area contributed by atoms with E-state index in [1.807, 2.05) is 0 Å². The van der Waals surface area contributed by atoms with E-state index in [4.69, 9.17) is 17.3 Å². The summed E-state index contributed by atoms with van der Waals surface area (Å²) in [5.41, 5.74) is 3.55. The highest BCUT2D eigenvalue weighted by molar-refractivity contribution is 6.35. The lowest BCUT2D eigenvalue weighted by molar-refractivity contribution is 0.146. The molecular weight excluding hydrogens is 463 g/mol. The van der Waals surface area contributed by atoms with Crippen LogP contribution in [0.5, 0.6) is 0 Å². The number of rotatable bonds is 5. The van der Waals surface area contributed by atoms with Crippen LogP contribution in [0.15, 0.2) is 29.2 Å². The Bertz CT molecular complexity index is 1460. The average Bonchev–Trinajstić information content (AvgIpc) is 3.28. The molecule has 3 aromatic heterocycles. The molecule has 3 heterocycles. The molecule has 0 fully saturated rings. The van der Waals surface area contributed by atoms with E-state index in [9.17, 15) is 23.2 Å². The lowest BCUT2D eigenvalue weighted by atomic mass is 10.2. The molecule has 0 bridgehead atoms. The number of aromatic amines is 1. The number of nitrogens with two attached hydrogens (primary N) is 1. The minimum atomic E-state index is -3.07. The van der Waals surface area contributed by atoms with Gasteiger partial charge >= 0.3 is 0 Å². The first-order valence-corrected chi connectivity index (χ1v) is 9.62. The number of H-pyrrole nitrogens is 1. The predicted octanol–water partition coefficient (Wildman–Crippen LogP) is 3.26. The van der Waals surface area contributed by atoms with Gasteiger partial charge in [0.25, 0.3) is 12.0 Å². The summed E-state index contributed by atoms with van der Waals surface area (Å²) in [4.78, 5) is 24.9. The maximum absolute atomic E-state index is 13.9. The van der Waals surface area contributed by atoms with Gasteiger partial charge in [-0.05, 0) is 19.1 Å². The van der Waals surface area contributed by atoms with Gasteiger partial charge in [-0.3, -0.25) is 9.89 Å². The van der Waals surface area contributed by atoms with Crippen molar-refractivity contribution in [2.45, 2.75) is 19.4 Å². The molecule has 0 aliphatic heterocycles. The second kappa shape index (κ2) is 8.40. The molecule has 0 amide bonds. The number of fused-ring (bicyclic) bond motifs is 1. The van der Waals surface area contributed by atoms with Gasteiger partial charge in [0.2, 0.25) is 5.95 Å². The van der Waals surface area contributed by atoms with Crippen LogP contribution in [0.25, 0.3) is 16.7 Å².